The lowest BCUT2D eigenvalue weighted by molar-refractivity contribution is 0.251. The van der Waals surface area contributed by atoms with Crippen molar-refractivity contribution in [3.63, 3.8) is 0 Å². The molecule has 0 saturated heterocycles. The quantitative estimate of drug-likeness (QED) is 0.189. The topological polar surface area (TPSA) is 83.5 Å². The average molecular weight is 629 g/mol. The molecule has 1 aliphatic heterocycles. The molecule has 6 rings (SSSR count). The molecule has 0 bridgehead atoms. The minimum atomic E-state index is -2.73. The fraction of sp³-hybridized carbons (Fsp3) is 0.243. The molecule has 3 heterocycles. The van der Waals surface area contributed by atoms with Gasteiger partial charge in [-0.15, -0.1) is 0 Å². The maximum Gasteiger partial charge on any atom is 0.330 e. The summed E-state index contributed by atoms with van der Waals surface area (Å²) in [7, 11) is -0.973. The standard InChI is InChI=1S/C37H40N6O2Si/c1-26-17-19-28(25-45-46(37(3,4)5,31-13-9-7-10-14-31)32-15-11-8-12-16-32)21-33(26)43-24-29-22-39-35(41-34(29)42(6)36(43)44)40-30-20-18-27(2)38-23-30/h7-23H,24-25H2,1-6H3,(H,39,40,41). The van der Waals surface area contributed by atoms with Crippen molar-refractivity contribution in [2.75, 3.05) is 22.2 Å². The Hall–Kier alpha value is -4.86. The first kappa shape index (κ1) is 31.1. The highest BCUT2D eigenvalue weighted by Gasteiger charge is 2.50. The van der Waals surface area contributed by atoms with Crippen LogP contribution >= 0.6 is 0 Å². The summed E-state index contributed by atoms with van der Waals surface area (Å²) in [5, 5.41) is 5.52. The van der Waals surface area contributed by atoms with Crippen molar-refractivity contribution < 1.29 is 9.22 Å². The largest absolute Gasteiger partial charge is 0.403 e. The first-order valence-electron chi connectivity index (χ1n) is 15.5. The zero-order valence-corrected chi connectivity index (χ0v) is 28.3. The van der Waals surface area contributed by atoms with Crippen molar-refractivity contribution in [2.24, 2.45) is 0 Å². The van der Waals surface area contributed by atoms with Gasteiger partial charge in [0.05, 0.1) is 25.0 Å². The molecule has 9 heteroatoms. The van der Waals surface area contributed by atoms with E-state index in [9.17, 15) is 4.79 Å². The Morgan fingerprint density at radius 3 is 2.15 bits per heavy atom. The van der Waals surface area contributed by atoms with Gasteiger partial charge in [0, 0.05) is 30.2 Å². The molecule has 3 aromatic carbocycles. The maximum absolute atomic E-state index is 13.8. The minimum absolute atomic E-state index is 0.137. The van der Waals surface area contributed by atoms with Gasteiger partial charge < -0.3 is 9.74 Å². The van der Waals surface area contributed by atoms with Crippen LogP contribution in [-0.4, -0.2) is 36.3 Å². The maximum atomic E-state index is 13.8. The molecule has 0 radical (unpaired) electrons. The number of urea groups is 1. The zero-order valence-electron chi connectivity index (χ0n) is 27.3. The Labute approximate surface area is 272 Å². The van der Waals surface area contributed by atoms with Crippen LogP contribution in [0.1, 0.15) is 43.2 Å². The molecule has 2 aromatic heterocycles. The summed E-state index contributed by atoms with van der Waals surface area (Å²) in [6.45, 7) is 11.6. The molecule has 46 heavy (non-hydrogen) atoms. The number of carbonyl (C=O) groups is 1. The third kappa shape index (κ3) is 5.91. The van der Waals surface area contributed by atoms with E-state index in [-0.39, 0.29) is 11.1 Å². The van der Waals surface area contributed by atoms with E-state index in [1.165, 1.54) is 10.4 Å². The molecule has 2 amide bonds. The predicted molar refractivity (Wildman–Crippen MR) is 188 cm³/mol. The fourth-order valence-corrected chi connectivity index (χ4v) is 10.8. The van der Waals surface area contributed by atoms with E-state index in [1.807, 2.05) is 26.0 Å². The number of aryl methyl sites for hydroxylation is 2. The highest BCUT2D eigenvalue weighted by Crippen LogP contribution is 2.38. The van der Waals surface area contributed by atoms with Crippen molar-refractivity contribution in [1.82, 2.24) is 15.0 Å². The first-order chi connectivity index (χ1) is 22.1. The lowest BCUT2D eigenvalue weighted by Gasteiger charge is -2.43. The van der Waals surface area contributed by atoms with Gasteiger partial charge in [-0.25, -0.2) is 9.78 Å². The number of anilines is 4. The van der Waals surface area contributed by atoms with Gasteiger partial charge in [-0.3, -0.25) is 14.8 Å². The van der Waals surface area contributed by atoms with Crippen molar-refractivity contribution in [2.45, 2.75) is 52.8 Å². The van der Waals surface area contributed by atoms with Gasteiger partial charge >= 0.3 is 6.03 Å². The third-order valence-electron chi connectivity index (χ3n) is 8.61. The SMILES string of the molecule is Cc1ccc(Nc2ncc3c(n2)N(C)C(=O)N(c2cc(CO[Si](c4ccccc4)(c4ccccc4)C(C)(C)C)ccc2C)C3)cn1. The number of fused-ring (bicyclic) bond motifs is 1. The molecule has 0 unspecified atom stereocenters. The molecule has 5 aromatic rings. The molecule has 0 fully saturated rings. The van der Waals surface area contributed by atoms with Gasteiger partial charge in [-0.1, -0.05) is 93.6 Å². The van der Waals surface area contributed by atoms with Crippen molar-refractivity contribution >= 4 is 47.9 Å². The number of hydrogen-bond donors (Lipinski definition) is 1. The highest BCUT2D eigenvalue weighted by atomic mass is 28.4. The second-order valence-corrected chi connectivity index (χ2v) is 17.2. The van der Waals surface area contributed by atoms with Crippen LogP contribution in [0.25, 0.3) is 0 Å². The molecular formula is C37H40N6O2Si. The monoisotopic (exact) mass is 628 g/mol. The van der Waals surface area contributed by atoms with Crippen LogP contribution in [0.5, 0.6) is 0 Å². The molecule has 0 saturated carbocycles. The summed E-state index contributed by atoms with van der Waals surface area (Å²) in [6, 6.07) is 31.2. The average Bonchev–Trinajstić information content (AvgIpc) is 3.05. The van der Waals surface area contributed by atoms with Gasteiger partial charge in [-0.05, 0) is 58.6 Å². The van der Waals surface area contributed by atoms with E-state index in [0.29, 0.717) is 24.9 Å². The summed E-state index contributed by atoms with van der Waals surface area (Å²) in [4.78, 5) is 30.7. The Morgan fingerprint density at radius 2 is 1.54 bits per heavy atom. The molecule has 0 aliphatic carbocycles. The van der Waals surface area contributed by atoms with Crippen LogP contribution in [0.4, 0.5) is 27.9 Å². The first-order valence-corrected chi connectivity index (χ1v) is 17.4. The van der Waals surface area contributed by atoms with E-state index in [2.05, 4.69) is 120 Å². The lowest BCUT2D eigenvalue weighted by atomic mass is 10.1. The van der Waals surface area contributed by atoms with Crippen LogP contribution in [-0.2, 0) is 17.6 Å². The fourth-order valence-electron chi connectivity index (χ4n) is 6.22. The van der Waals surface area contributed by atoms with Crippen molar-refractivity contribution in [3.8, 4) is 0 Å². The number of aromatic nitrogens is 3. The molecular weight excluding hydrogens is 589 g/mol. The van der Waals surface area contributed by atoms with E-state index in [1.54, 1.807) is 29.2 Å². The summed E-state index contributed by atoms with van der Waals surface area (Å²) in [5.74, 6) is 0.999. The van der Waals surface area contributed by atoms with Crippen LogP contribution in [0.3, 0.4) is 0 Å². The number of amides is 2. The third-order valence-corrected chi connectivity index (χ3v) is 13.6. The Kier molecular flexibility index (Phi) is 8.46. The molecule has 0 spiro atoms. The summed E-state index contributed by atoms with van der Waals surface area (Å²) >= 11 is 0. The number of carbonyl (C=O) groups excluding carboxylic acids is 1. The minimum Gasteiger partial charge on any atom is -0.403 e. The van der Waals surface area contributed by atoms with Gasteiger partial charge in [0.25, 0.3) is 8.32 Å². The van der Waals surface area contributed by atoms with Crippen LogP contribution in [0.2, 0.25) is 5.04 Å². The van der Waals surface area contributed by atoms with Gasteiger partial charge in [0.2, 0.25) is 5.95 Å². The van der Waals surface area contributed by atoms with E-state index in [4.69, 9.17) is 4.43 Å². The normalized spacial score (nSPS) is 13.5. The van der Waals surface area contributed by atoms with Crippen LogP contribution in [0, 0.1) is 13.8 Å². The highest BCUT2D eigenvalue weighted by molar-refractivity contribution is 6.99. The lowest BCUT2D eigenvalue weighted by Crippen LogP contribution is -2.66. The van der Waals surface area contributed by atoms with E-state index >= 15 is 0 Å². The molecule has 8 nitrogen and oxygen atoms in total. The number of nitrogens with one attached hydrogen (secondary N) is 1. The van der Waals surface area contributed by atoms with Crippen LogP contribution < -0.4 is 25.5 Å². The van der Waals surface area contributed by atoms with Gasteiger partial charge in [0.1, 0.15) is 5.82 Å². The smallest absolute Gasteiger partial charge is 0.330 e. The number of pyridine rings is 1. The second-order valence-electron chi connectivity index (χ2n) is 12.9. The molecule has 234 valence electrons. The Morgan fingerprint density at radius 1 is 0.870 bits per heavy atom. The second kappa shape index (κ2) is 12.5. The predicted octanol–water partition coefficient (Wildman–Crippen LogP) is 6.89. The number of nitrogens with zero attached hydrogens (tertiary/aromatic N) is 5. The van der Waals surface area contributed by atoms with Crippen molar-refractivity contribution in [3.05, 3.63) is 126 Å². The van der Waals surface area contributed by atoms with E-state index < -0.39 is 8.32 Å². The number of hydrogen-bond acceptors (Lipinski definition) is 6. The van der Waals surface area contributed by atoms with Crippen molar-refractivity contribution in [1.29, 1.82) is 0 Å². The summed E-state index contributed by atoms with van der Waals surface area (Å²) < 4.78 is 7.20. The zero-order chi connectivity index (χ0) is 32.5. The van der Waals surface area contributed by atoms with Gasteiger partial charge in [0.15, 0.2) is 0 Å². The summed E-state index contributed by atoms with van der Waals surface area (Å²) in [6.07, 6.45) is 3.52. The number of benzene rings is 3. The number of rotatable bonds is 8. The Balaban J connectivity index is 1.29. The van der Waals surface area contributed by atoms with Gasteiger partial charge in [-0.2, -0.15) is 4.98 Å². The van der Waals surface area contributed by atoms with Crippen LogP contribution in [0.15, 0.2) is 103 Å². The van der Waals surface area contributed by atoms with E-state index in [0.717, 1.165) is 33.8 Å². The molecule has 0 atom stereocenters. The Bertz CT molecular complexity index is 1800. The molecule has 1 N–H and O–H groups in total. The summed E-state index contributed by atoms with van der Waals surface area (Å²) in [5.41, 5.74) is 5.44. The molecule has 1 aliphatic rings.